The molecule has 1 aliphatic heterocycles. The molecule has 1 aromatic rings. The first-order chi connectivity index (χ1) is 9.11. The standard InChI is InChI=1S/C13H17NO5/c1-18-10-7-11(13(16)17)14(8-10)12(15)5-4-9-3-2-6-19-9/h2-3,6,10-11H,4-5,7-8H2,1H3,(H,16,17). The fraction of sp³-hybridized carbons (Fsp3) is 0.538. The minimum atomic E-state index is -0.981. The van der Waals surface area contributed by atoms with Gasteiger partial charge in [0.05, 0.1) is 12.4 Å². The van der Waals surface area contributed by atoms with Gasteiger partial charge in [0.1, 0.15) is 11.8 Å². The van der Waals surface area contributed by atoms with Crippen molar-refractivity contribution in [3.63, 3.8) is 0 Å². The van der Waals surface area contributed by atoms with Gasteiger partial charge in [0, 0.05) is 32.9 Å². The van der Waals surface area contributed by atoms with Crippen LogP contribution in [0.3, 0.4) is 0 Å². The van der Waals surface area contributed by atoms with E-state index in [4.69, 9.17) is 14.3 Å². The van der Waals surface area contributed by atoms with Gasteiger partial charge in [-0.25, -0.2) is 4.79 Å². The van der Waals surface area contributed by atoms with Crippen molar-refractivity contribution in [2.75, 3.05) is 13.7 Å². The molecule has 0 radical (unpaired) electrons. The summed E-state index contributed by atoms with van der Waals surface area (Å²) in [5, 5.41) is 9.13. The SMILES string of the molecule is COC1CC(C(=O)O)N(C(=O)CCc2ccco2)C1. The lowest BCUT2D eigenvalue weighted by Gasteiger charge is -2.20. The van der Waals surface area contributed by atoms with Crippen molar-refractivity contribution in [1.29, 1.82) is 0 Å². The van der Waals surface area contributed by atoms with Crippen LogP contribution in [0.4, 0.5) is 0 Å². The number of likely N-dealkylation sites (tertiary alicyclic amines) is 1. The zero-order valence-corrected chi connectivity index (χ0v) is 10.7. The highest BCUT2D eigenvalue weighted by atomic mass is 16.5. The van der Waals surface area contributed by atoms with Gasteiger partial charge in [-0.3, -0.25) is 4.79 Å². The molecule has 0 spiro atoms. The fourth-order valence-corrected chi connectivity index (χ4v) is 2.31. The second-order valence-corrected chi connectivity index (χ2v) is 4.57. The number of carbonyl (C=O) groups excluding carboxylic acids is 1. The van der Waals surface area contributed by atoms with Crippen LogP contribution in [-0.4, -0.2) is 47.7 Å². The summed E-state index contributed by atoms with van der Waals surface area (Å²) in [5.74, 6) is -0.433. The van der Waals surface area contributed by atoms with E-state index >= 15 is 0 Å². The fourth-order valence-electron chi connectivity index (χ4n) is 2.31. The van der Waals surface area contributed by atoms with Crippen molar-refractivity contribution in [3.05, 3.63) is 24.2 Å². The number of carboxylic acid groups (broad SMARTS) is 1. The molecule has 6 heteroatoms. The number of carbonyl (C=O) groups is 2. The molecule has 0 aromatic carbocycles. The normalized spacial score (nSPS) is 22.7. The number of methoxy groups -OCH3 is 1. The minimum absolute atomic E-state index is 0.177. The average molecular weight is 267 g/mol. The maximum Gasteiger partial charge on any atom is 0.326 e. The van der Waals surface area contributed by atoms with Crippen LogP contribution in [0.1, 0.15) is 18.6 Å². The van der Waals surface area contributed by atoms with Gasteiger partial charge in [-0.1, -0.05) is 0 Å². The molecule has 2 atom stereocenters. The van der Waals surface area contributed by atoms with Gasteiger partial charge < -0.3 is 19.2 Å². The van der Waals surface area contributed by atoms with Crippen LogP contribution in [0.2, 0.25) is 0 Å². The van der Waals surface area contributed by atoms with Crippen molar-refractivity contribution in [1.82, 2.24) is 4.90 Å². The van der Waals surface area contributed by atoms with Crippen molar-refractivity contribution in [3.8, 4) is 0 Å². The number of ether oxygens (including phenoxy) is 1. The van der Waals surface area contributed by atoms with Gasteiger partial charge in [-0.05, 0) is 12.1 Å². The molecule has 104 valence electrons. The summed E-state index contributed by atoms with van der Waals surface area (Å²) in [5.41, 5.74) is 0. The maximum absolute atomic E-state index is 12.1. The van der Waals surface area contributed by atoms with Gasteiger partial charge in [-0.15, -0.1) is 0 Å². The number of hydrogen-bond donors (Lipinski definition) is 1. The zero-order valence-electron chi connectivity index (χ0n) is 10.7. The zero-order chi connectivity index (χ0) is 13.8. The van der Waals surface area contributed by atoms with Crippen LogP contribution in [-0.2, 0) is 20.7 Å². The number of aliphatic carboxylic acids is 1. The van der Waals surface area contributed by atoms with E-state index in [0.29, 0.717) is 19.4 Å². The van der Waals surface area contributed by atoms with E-state index in [1.54, 1.807) is 18.4 Å². The van der Waals surface area contributed by atoms with E-state index in [0.717, 1.165) is 5.76 Å². The van der Waals surface area contributed by atoms with Crippen LogP contribution < -0.4 is 0 Å². The monoisotopic (exact) mass is 267 g/mol. The first-order valence-electron chi connectivity index (χ1n) is 6.19. The van der Waals surface area contributed by atoms with E-state index in [1.165, 1.54) is 12.0 Å². The van der Waals surface area contributed by atoms with Gasteiger partial charge >= 0.3 is 5.97 Å². The number of hydrogen-bond acceptors (Lipinski definition) is 4. The van der Waals surface area contributed by atoms with E-state index in [2.05, 4.69) is 0 Å². The van der Waals surface area contributed by atoms with Crippen molar-refractivity contribution in [2.24, 2.45) is 0 Å². The summed E-state index contributed by atoms with van der Waals surface area (Å²) in [7, 11) is 1.53. The Bertz CT molecular complexity index is 442. The summed E-state index contributed by atoms with van der Waals surface area (Å²) < 4.78 is 10.3. The van der Waals surface area contributed by atoms with Crippen molar-refractivity contribution >= 4 is 11.9 Å². The minimum Gasteiger partial charge on any atom is -0.480 e. The highest BCUT2D eigenvalue weighted by Crippen LogP contribution is 2.21. The quantitative estimate of drug-likeness (QED) is 0.857. The van der Waals surface area contributed by atoms with E-state index in [1.807, 2.05) is 0 Å². The molecular weight excluding hydrogens is 250 g/mol. The third kappa shape index (κ3) is 3.14. The predicted octanol–water partition coefficient (Wildman–Crippen LogP) is 0.913. The number of rotatable bonds is 5. The van der Waals surface area contributed by atoms with Gasteiger partial charge in [0.2, 0.25) is 5.91 Å². The molecule has 2 rings (SSSR count). The van der Waals surface area contributed by atoms with Crippen LogP contribution in [0.25, 0.3) is 0 Å². The molecular formula is C13H17NO5. The van der Waals surface area contributed by atoms with Crippen molar-refractivity contribution in [2.45, 2.75) is 31.4 Å². The van der Waals surface area contributed by atoms with Gasteiger partial charge in [-0.2, -0.15) is 0 Å². The lowest BCUT2D eigenvalue weighted by molar-refractivity contribution is -0.148. The molecule has 2 unspecified atom stereocenters. The Morgan fingerprint density at radius 2 is 2.37 bits per heavy atom. The third-order valence-electron chi connectivity index (χ3n) is 3.37. The first-order valence-corrected chi connectivity index (χ1v) is 6.19. The predicted molar refractivity (Wildman–Crippen MR) is 65.6 cm³/mol. The molecule has 1 aromatic heterocycles. The summed E-state index contributed by atoms with van der Waals surface area (Å²) in [6.45, 7) is 0.338. The topological polar surface area (TPSA) is 80.0 Å². The van der Waals surface area contributed by atoms with Crippen LogP contribution in [0.15, 0.2) is 22.8 Å². The summed E-state index contributed by atoms with van der Waals surface area (Å²) in [4.78, 5) is 24.6. The van der Waals surface area contributed by atoms with Crippen LogP contribution >= 0.6 is 0 Å². The third-order valence-corrected chi connectivity index (χ3v) is 3.37. The molecule has 1 saturated heterocycles. The second-order valence-electron chi connectivity index (χ2n) is 4.57. The number of aryl methyl sites for hydroxylation is 1. The lowest BCUT2D eigenvalue weighted by Crippen LogP contribution is -2.40. The Labute approximate surface area is 110 Å². The summed E-state index contributed by atoms with van der Waals surface area (Å²) in [6.07, 6.45) is 2.42. The number of amides is 1. The molecule has 1 amide bonds. The molecule has 0 aliphatic carbocycles. The molecule has 0 saturated carbocycles. The Morgan fingerprint density at radius 3 is 2.95 bits per heavy atom. The maximum atomic E-state index is 12.1. The molecule has 0 bridgehead atoms. The van der Waals surface area contributed by atoms with Gasteiger partial charge in [0.25, 0.3) is 0 Å². The molecule has 1 aliphatic rings. The molecule has 1 N–H and O–H groups in total. The Kier molecular flexibility index (Phi) is 4.21. The van der Waals surface area contributed by atoms with Crippen LogP contribution in [0.5, 0.6) is 0 Å². The lowest BCUT2D eigenvalue weighted by atomic mass is 10.2. The average Bonchev–Trinajstić information content (AvgIpc) is 3.04. The largest absolute Gasteiger partial charge is 0.480 e. The number of nitrogens with zero attached hydrogens (tertiary/aromatic N) is 1. The second kappa shape index (κ2) is 5.88. The number of carboxylic acids is 1. The van der Waals surface area contributed by atoms with Gasteiger partial charge in [0.15, 0.2) is 0 Å². The summed E-state index contributed by atoms with van der Waals surface area (Å²) >= 11 is 0. The first kappa shape index (κ1) is 13.6. The molecule has 2 heterocycles. The van der Waals surface area contributed by atoms with E-state index < -0.39 is 12.0 Å². The van der Waals surface area contributed by atoms with Crippen LogP contribution in [0, 0.1) is 0 Å². The highest BCUT2D eigenvalue weighted by molar-refractivity contribution is 5.84. The Hall–Kier alpha value is -1.82. The van der Waals surface area contributed by atoms with Crippen molar-refractivity contribution < 1.29 is 23.8 Å². The molecule has 6 nitrogen and oxygen atoms in total. The number of furan rings is 1. The molecule has 1 fully saturated rings. The Balaban J connectivity index is 1.94. The summed E-state index contributed by atoms with van der Waals surface area (Å²) in [6, 6.07) is 2.77. The highest BCUT2D eigenvalue weighted by Gasteiger charge is 2.39. The van der Waals surface area contributed by atoms with E-state index in [9.17, 15) is 9.59 Å². The van der Waals surface area contributed by atoms with E-state index in [-0.39, 0.29) is 18.4 Å². The smallest absolute Gasteiger partial charge is 0.326 e. The Morgan fingerprint density at radius 1 is 1.58 bits per heavy atom. The molecule has 19 heavy (non-hydrogen) atoms.